The van der Waals surface area contributed by atoms with Crippen LogP contribution in [0.1, 0.15) is 0 Å². The van der Waals surface area contributed by atoms with Crippen molar-refractivity contribution in [1.29, 1.82) is 0 Å². The molecule has 36 heteroatoms. The quantitative estimate of drug-likeness (QED) is 0.218. The van der Waals surface area contributed by atoms with Crippen molar-refractivity contribution < 1.29 is 524 Å². The van der Waals surface area contributed by atoms with Gasteiger partial charge in [-0.15, -0.1) is 0 Å². The molecule has 16 nitrogen and oxygen atoms in total. The van der Waals surface area contributed by atoms with Gasteiger partial charge in [-0.2, -0.15) is 0 Å². The second kappa shape index (κ2) is 134. The van der Waals surface area contributed by atoms with Crippen LogP contribution in [0.25, 0.3) is 0 Å². The first kappa shape index (κ1) is 142. The summed E-state index contributed by atoms with van der Waals surface area (Å²) in [4.78, 5) is 0. The van der Waals surface area contributed by atoms with Crippen molar-refractivity contribution >= 4 is 36.6 Å². The SMILES string of the molecule is O.[Na+].[Na+].[Na+].[Na+].[Na+].[Na+].[Na+].[Na+].[Na+].[Na+].[Na+].[Na+].[Na+].[Na+].[Na+].[O-]B([O-])[O-].[O-]B([O-])[O-].[O-]B([O-])[O-].[O-]B([O-])[O-].[O-]B([O-])[O-]. The van der Waals surface area contributed by atoms with Gasteiger partial charge in [0, 0.05) is 0 Å². The van der Waals surface area contributed by atoms with Crippen LogP contribution in [0, 0.1) is 0 Å². The Balaban J connectivity index is -0.00000000370. The van der Waals surface area contributed by atoms with Crippen LogP contribution in [0.3, 0.4) is 0 Å². The van der Waals surface area contributed by atoms with Crippen LogP contribution in [0.5, 0.6) is 0 Å². The van der Waals surface area contributed by atoms with E-state index in [4.69, 9.17) is 75.4 Å². The molecule has 0 unspecified atom stereocenters. The number of rotatable bonds is 0. The van der Waals surface area contributed by atoms with Gasteiger partial charge in [0.15, 0.2) is 0 Å². The van der Waals surface area contributed by atoms with Crippen LogP contribution in [-0.4, -0.2) is 42.1 Å². The molecule has 2 N–H and O–H groups in total. The van der Waals surface area contributed by atoms with Crippen LogP contribution < -0.4 is 519 Å². The topological polar surface area (TPSA) is 377 Å². The molecule has 0 rings (SSSR count). The first-order valence-corrected chi connectivity index (χ1v) is 3.54. The van der Waals surface area contributed by atoms with Crippen molar-refractivity contribution in [2.75, 3.05) is 0 Å². The zero-order valence-corrected chi connectivity index (χ0v) is 54.5. The summed E-state index contributed by atoms with van der Waals surface area (Å²) < 4.78 is 0. The third-order valence-corrected chi connectivity index (χ3v) is 0. The molecule has 0 aromatic rings. The zero-order valence-electron chi connectivity index (χ0n) is 24.5. The predicted octanol–water partition coefficient (Wildman–Crippen LogP) is -65.5. The molecule has 0 aromatic heterocycles. The first-order valence-electron chi connectivity index (χ1n) is 3.54. The number of hydrogen-bond acceptors (Lipinski definition) is 15. The van der Waals surface area contributed by atoms with E-state index < -0.39 is 36.6 Å². The van der Waals surface area contributed by atoms with Crippen molar-refractivity contribution in [3.8, 4) is 0 Å². The molecular formula is H2B5Na15O16. The van der Waals surface area contributed by atoms with Gasteiger partial charge in [-0.3, -0.25) is 36.6 Å². The van der Waals surface area contributed by atoms with E-state index >= 15 is 0 Å². The maximum Gasteiger partial charge on any atom is 1.00 e. The standard InChI is InChI=1S/5BO3.15Na.H2O/c5*2-1(3)4;;;;;;;;;;;;;;;;/h;;;;;;;;;;;;;;;;;;;;1H2/q5*-3;15*+1;. The van der Waals surface area contributed by atoms with Crippen LogP contribution >= 0.6 is 0 Å². The Kier molecular flexibility index (Phi) is 527. The molecule has 0 saturated carbocycles. The van der Waals surface area contributed by atoms with Crippen molar-refractivity contribution in [1.82, 2.24) is 0 Å². The van der Waals surface area contributed by atoms with Crippen LogP contribution in [0.15, 0.2) is 0 Å². The molecule has 0 saturated heterocycles. The Morgan fingerprint density at radius 2 is 0.167 bits per heavy atom. The second-order valence-corrected chi connectivity index (χ2v) is 1.44. The molecule has 0 amide bonds. The van der Waals surface area contributed by atoms with Gasteiger partial charge in [0.25, 0.3) is 0 Å². The van der Waals surface area contributed by atoms with Crippen molar-refractivity contribution in [2.45, 2.75) is 0 Å². The summed E-state index contributed by atoms with van der Waals surface area (Å²) in [6.45, 7) is 0. The third-order valence-electron chi connectivity index (χ3n) is 0. The normalized spacial score (nSPS) is 3.75. The largest absolute Gasteiger partial charge is 1.00 e. The van der Waals surface area contributed by atoms with Gasteiger partial charge in [0.2, 0.25) is 0 Å². The summed E-state index contributed by atoms with van der Waals surface area (Å²) >= 11 is 0. The Bertz CT molecular complexity index is 111. The van der Waals surface area contributed by atoms with Crippen LogP contribution in [0.2, 0.25) is 0 Å². The van der Waals surface area contributed by atoms with Gasteiger partial charge in [-0.1, -0.05) is 0 Å². The Morgan fingerprint density at radius 1 is 0.167 bits per heavy atom. The minimum Gasteiger partial charge on any atom is -0.907 e. The molecule has 0 aromatic carbocycles. The minimum absolute atomic E-state index is 0. The maximum absolute atomic E-state index is 8.42. The molecule has 0 spiro atoms. The zero-order chi connectivity index (χ0) is 17.9. The Labute approximate surface area is 545 Å². The van der Waals surface area contributed by atoms with Gasteiger partial charge in [-0.25, -0.2) is 0 Å². The molecule has 0 aliphatic heterocycles. The summed E-state index contributed by atoms with van der Waals surface area (Å²) in [5, 5.41) is 126. The van der Waals surface area contributed by atoms with E-state index in [9.17, 15) is 0 Å². The summed E-state index contributed by atoms with van der Waals surface area (Å²) in [7, 11) is -14.6. The van der Waals surface area contributed by atoms with Gasteiger partial charge >= 0.3 is 443 Å². The Morgan fingerprint density at radius 3 is 0.167 bits per heavy atom. The van der Waals surface area contributed by atoms with Gasteiger partial charge in [-0.05, 0) is 0 Å². The van der Waals surface area contributed by atoms with Crippen LogP contribution in [0.4, 0.5) is 0 Å². The molecular weight excluding hydrogens is 655 g/mol. The van der Waals surface area contributed by atoms with Gasteiger partial charge < -0.3 is 80.8 Å². The van der Waals surface area contributed by atoms with E-state index in [1.165, 1.54) is 0 Å². The van der Waals surface area contributed by atoms with E-state index in [1.807, 2.05) is 0 Å². The van der Waals surface area contributed by atoms with E-state index in [1.54, 1.807) is 0 Å². The predicted molar refractivity (Wildman–Crippen MR) is 32.4 cm³/mol. The van der Waals surface area contributed by atoms with Crippen LogP contribution in [-0.2, 0) is 0 Å². The molecule has 0 aliphatic carbocycles. The molecule has 0 radical (unpaired) electrons. The first-order chi connectivity index (χ1) is 8.66. The molecule has 0 bridgehead atoms. The summed E-state index contributed by atoms with van der Waals surface area (Å²) in [6, 6.07) is 0. The third kappa shape index (κ3) is 513. The average Bonchev–Trinajstić information content (AvgIpc) is 1.94. The fourth-order valence-electron chi connectivity index (χ4n) is 0. The van der Waals surface area contributed by atoms with E-state index in [2.05, 4.69) is 0 Å². The monoisotopic (exact) mass is 658 g/mol. The van der Waals surface area contributed by atoms with Crippen molar-refractivity contribution in [3.05, 3.63) is 0 Å². The smallest absolute Gasteiger partial charge is 0.907 e. The van der Waals surface area contributed by atoms with Crippen molar-refractivity contribution in [2.24, 2.45) is 0 Å². The maximum atomic E-state index is 8.42. The van der Waals surface area contributed by atoms with E-state index in [0.29, 0.717) is 0 Å². The number of hydrogen-bond donors (Lipinski definition) is 0. The summed E-state index contributed by atoms with van der Waals surface area (Å²) in [5.41, 5.74) is 0. The minimum atomic E-state index is -2.92. The summed E-state index contributed by atoms with van der Waals surface area (Å²) in [6.07, 6.45) is 0. The molecule has 0 atom stereocenters. The molecule has 0 fully saturated rings. The molecule has 0 aliphatic rings. The van der Waals surface area contributed by atoms with E-state index in [-0.39, 0.29) is 449 Å². The van der Waals surface area contributed by atoms with E-state index in [0.717, 1.165) is 0 Å². The van der Waals surface area contributed by atoms with Gasteiger partial charge in [0.1, 0.15) is 0 Å². The van der Waals surface area contributed by atoms with Crippen molar-refractivity contribution in [3.63, 3.8) is 0 Å². The fraction of sp³-hybridized carbons (Fsp3) is 0. The molecule has 36 heavy (non-hydrogen) atoms. The molecule has 128 valence electrons. The second-order valence-electron chi connectivity index (χ2n) is 1.44. The van der Waals surface area contributed by atoms with Gasteiger partial charge in [0.05, 0.1) is 0 Å². The fourth-order valence-corrected chi connectivity index (χ4v) is 0. The summed E-state index contributed by atoms with van der Waals surface area (Å²) in [5.74, 6) is 0. The Hall–Kier alpha value is 14.7. The molecule has 0 heterocycles. The average molecular weight is 657 g/mol.